The summed E-state index contributed by atoms with van der Waals surface area (Å²) >= 11 is 0. The Labute approximate surface area is 175 Å². The Morgan fingerprint density at radius 3 is 2.87 bits per heavy atom. The molecule has 1 aromatic carbocycles. The molecule has 1 fully saturated rings. The lowest BCUT2D eigenvalue weighted by molar-refractivity contribution is -0.0641. The molecule has 0 unspecified atom stereocenters. The zero-order valence-electron chi connectivity index (χ0n) is 17.3. The molecule has 1 aliphatic heterocycles. The van der Waals surface area contributed by atoms with Crippen molar-refractivity contribution in [3.63, 3.8) is 0 Å². The molecule has 3 atom stereocenters. The quantitative estimate of drug-likeness (QED) is 0.579. The van der Waals surface area contributed by atoms with Crippen LogP contribution in [0.1, 0.15) is 32.1 Å². The molecular formula is C21H28N6O3. The third kappa shape index (κ3) is 3.96. The van der Waals surface area contributed by atoms with Crippen LogP contribution in [0.25, 0.3) is 11.2 Å². The molecule has 1 aliphatic rings. The summed E-state index contributed by atoms with van der Waals surface area (Å²) in [6.45, 7) is 6.53. The number of fused-ring (bicyclic) bond motifs is 1. The minimum Gasteiger partial charge on any atom is -0.394 e. The van der Waals surface area contributed by atoms with Gasteiger partial charge in [0.15, 0.2) is 11.5 Å². The third-order valence-electron chi connectivity index (χ3n) is 5.56. The maximum absolute atomic E-state index is 9.80. The SMILES string of the molecule is CCN(CC)c1cccc(CO[C@H]2C[C@H](n3cnc4c(N)ncnc43)O[C@@H]2CO)c1. The third-order valence-corrected chi connectivity index (χ3v) is 5.56. The van der Waals surface area contributed by atoms with Crippen molar-refractivity contribution < 1.29 is 14.6 Å². The maximum atomic E-state index is 9.80. The second-order valence-corrected chi connectivity index (χ2v) is 7.32. The number of imidazole rings is 1. The van der Waals surface area contributed by atoms with Crippen LogP contribution in [0, 0.1) is 0 Å². The Balaban J connectivity index is 1.46. The lowest BCUT2D eigenvalue weighted by atomic mass is 10.1. The maximum Gasteiger partial charge on any atom is 0.167 e. The molecule has 0 bridgehead atoms. The number of benzene rings is 1. The average molecular weight is 412 g/mol. The van der Waals surface area contributed by atoms with E-state index in [9.17, 15) is 5.11 Å². The lowest BCUT2D eigenvalue weighted by Gasteiger charge is -2.22. The second-order valence-electron chi connectivity index (χ2n) is 7.32. The minimum atomic E-state index is -0.419. The van der Waals surface area contributed by atoms with Gasteiger partial charge in [0.1, 0.15) is 24.2 Å². The fourth-order valence-electron chi connectivity index (χ4n) is 3.93. The van der Waals surface area contributed by atoms with Gasteiger partial charge in [-0.25, -0.2) is 15.0 Å². The number of rotatable bonds is 8. The van der Waals surface area contributed by atoms with E-state index in [0.29, 0.717) is 30.0 Å². The molecule has 4 rings (SSSR count). The van der Waals surface area contributed by atoms with E-state index in [0.717, 1.165) is 18.7 Å². The molecule has 30 heavy (non-hydrogen) atoms. The first kappa shape index (κ1) is 20.5. The Kier molecular flexibility index (Phi) is 6.12. The topological polar surface area (TPSA) is 112 Å². The van der Waals surface area contributed by atoms with Crippen molar-refractivity contribution in [3.8, 4) is 0 Å². The van der Waals surface area contributed by atoms with Crippen LogP contribution < -0.4 is 10.6 Å². The lowest BCUT2D eigenvalue weighted by Crippen LogP contribution is -2.27. The Morgan fingerprint density at radius 2 is 2.10 bits per heavy atom. The molecule has 1 saturated heterocycles. The van der Waals surface area contributed by atoms with Crippen LogP contribution in [0.3, 0.4) is 0 Å². The van der Waals surface area contributed by atoms with E-state index in [4.69, 9.17) is 15.2 Å². The number of hydrogen-bond donors (Lipinski definition) is 2. The molecule has 0 spiro atoms. The van der Waals surface area contributed by atoms with E-state index < -0.39 is 6.10 Å². The number of aliphatic hydroxyl groups excluding tert-OH is 1. The largest absolute Gasteiger partial charge is 0.394 e. The van der Waals surface area contributed by atoms with E-state index in [1.807, 2.05) is 10.6 Å². The van der Waals surface area contributed by atoms with Gasteiger partial charge in [0.05, 0.1) is 25.6 Å². The number of aromatic nitrogens is 4. The molecule has 9 heteroatoms. The first-order chi connectivity index (χ1) is 14.6. The van der Waals surface area contributed by atoms with E-state index in [2.05, 4.69) is 51.9 Å². The van der Waals surface area contributed by atoms with Gasteiger partial charge in [-0.1, -0.05) is 12.1 Å². The van der Waals surface area contributed by atoms with Crippen LogP contribution in [-0.4, -0.2) is 56.5 Å². The van der Waals surface area contributed by atoms with Gasteiger partial charge in [-0.05, 0) is 31.5 Å². The zero-order chi connectivity index (χ0) is 21.1. The van der Waals surface area contributed by atoms with Crippen molar-refractivity contribution in [3.05, 3.63) is 42.5 Å². The van der Waals surface area contributed by atoms with Gasteiger partial charge in [0.25, 0.3) is 0 Å². The van der Waals surface area contributed by atoms with Crippen LogP contribution in [0.5, 0.6) is 0 Å². The van der Waals surface area contributed by atoms with Gasteiger partial charge in [-0.15, -0.1) is 0 Å². The smallest absolute Gasteiger partial charge is 0.167 e. The van der Waals surface area contributed by atoms with Gasteiger partial charge >= 0.3 is 0 Å². The van der Waals surface area contributed by atoms with Gasteiger partial charge in [-0.3, -0.25) is 4.57 Å². The normalized spacial score (nSPS) is 21.4. The number of nitrogens with two attached hydrogens (primary N) is 1. The van der Waals surface area contributed by atoms with Crippen molar-refractivity contribution in [2.75, 3.05) is 30.3 Å². The number of anilines is 2. The second kappa shape index (κ2) is 8.95. The van der Waals surface area contributed by atoms with Crippen LogP contribution in [0.2, 0.25) is 0 Å². The predicted molar refractivity (Wildman–Crippen MR) is 114 cm³/mol. The van der Waals surface area contributed by atoms with Crippen molar-refractivity contribution in [2.24, 2.45) is 0 Å². The van der Waals surface area contributed by atoms with Crippen LogP contribution in [0.15, 0.2) is 36.9 Å². The fourth-order valence-corrected chi connectivity index (χ4v) is 3.93. The summed E-state index contributed by atoms with van der Waals surface area (Å²) in [5.74, 6) is 0.330. The number of nitrogens with zero attached hydrogens (tertiary/aromatic N) is 5. The minimum absolute atomic E-state index is 0.121. The first-order valence-electron chi connectivity index (χ1n) is 10.3. The summed E-state index contributed by atoms with van der Waals surface area (Å²) < 4.78 is 14.0. The zero-order valence-corrected chi connectivity index (χ0v) is 17.3. The van der Waals surface area contributed by atoms with Gasteiger partial charge < -0.3 is 25.2 Å². The number of nitrogen functional groups attached to an aromatic ring is 1. The standard InChI is InChI=1S/C21H28N6O3/c1-3-26(4-2)15-7-5-6-14(8-15)11-29-16-9-18(30-17(16)10-28)27-13-25-19-20(22)23-12-24-21(19)27/h5-8,12-13,16-18,28H,3-4,9-11H2,1-2H3,(H2,22,23,24)/t16-,17+,18+/m0/s1. The molecule has 160 valence electrons. The van der Waals surface area contributed by atoms with Gasteiger partial charge in [0, 0.05) is 25.2 Å². The summed E-state index contributed by atoms with van der Waals surface area (Å²) in [7, 11) is 0. The number of aliphatic hydroxyl groups is 1. The van der Waals surface area contributed by atoms with Crippen molar-refractivity contribution in [2.45, 2.75) is 45.3 Å². The number of hydrogen-bond acceptors (Lipinski definition) is 8. The highest BCUT2D eigenvalue weighted by Gasteiger charge is 2.37. The van der Waals surface area contributed by atoms with Crippen molar-refractivity contribution in [1.82, 2.24) is 19.5 Å². The van der Waals surface area contributed by atoms with Crippen LogP contribution in [0.4, 0.5) is 11.5 Å². The molecule has 9 nitrogen and oxygen atoms in total. The first-order valence-corrected chi connectivity index (χ1v) is 10.3. The van der Waals surface area contributed by atoms with Crippen LogP contribution in [-0.2, 0) is 16.1 Å². The Morgan fingerprint density at radius 1 is 1.27 bits per heavy atom. The molecule has 0 aliphatic carbocycles. The van der Waals surface area contributed by atoms with Gasteiger partial charge in [-0.2, -0.15) is 0 Å². The Hall–Kier alpha value is -2.75. The van der Waals surface area contributed by atoms with E-state index in [1.54, 1.807) is 6.33 Å². The summed E-state index contributed by atoms with van der Waals surface area (Å²) in [4.78, 5) is 14.8. The molecule has 2 aromatic heterocycles. The summed E-state index contributed by atoms with van der Waals surface area (Å²) in [5.41, 5.74) is 9.30. The van der Waals surface area contributed by atoms with Crippen molar-refractivity contribution >= 4 is 22.7 Å². The summed E-state index contributed by atoms with van der Waals surface area (Å²) in [6.07, 6.45) is 2.63. The monoisotopic (exact) mass is 412 g/mol. The highest BCUT2D eigenvalue weighted by atomic mass is 16.6. The predicted octanol–water partition coefficient (Wildman–Crippen LogP) is 2.12. The van der Waals surface area contributed by atoms with Crippen LogP contribution >= 0.6 is 0 Å². The average Bonchev–Trinajstić information content (AvgIpc) is 3.38. The Bertz CT molecular complexity index is 990. The van der Waals surface area contributed by atoms with E-state index >= 15 is 0 Å². The molecule has 0 radical (unpaired) electrons. The summed E-state index contributed by atoms with van der Waals surface area (Å²) in [5, 5.41) is 9.80. The van der Waals surface area contributed by atoms with Gasteiger partial charge in [0.2, 0.25) is 0 Å². The van der Waals surface area contributed by atoms with E-state index in [-0.39, 0.29) is 18.9 Å². The molecular weight excluding hydrogens is 384 g/mol. The summed E-state index contributed by atoms with van der Waals surface area (Å²) in [6, 6.07) is 8.36. The molecule has 3 N–H and O–H groups in total. The molecule has 0 amide bonds. The highest BCUT2D eigenvalue weighted by molar-refractivity contribution is 5.81. The fraction of sp³-hybridized carbons (Fsp3) is 0.476. The number of ether oxygens (including phenoxy) is 2. The molecule has 3 heterocycles. The van der Waals surface area contributed by atoms with Crippen molar-refractivity contribution in [1.29, 1.82) is 0 Å². The molecule has 0 saturated carbocycles. The highest BCUT2D eigenvalue weighted by Crippen LogP contribution is 2.33. The molecule has 3 aromatic rings. The van der Waals surface area contributed by atoms with E-state index in [1.165, 1.54) is 12.0 Å².